The topological polar surface area (TPSA) is 21.3 Å². The summed E-state index contributed by atoms with van der Waals surface area (Å²) in [5.74, 6) is 2.54. The van der Waals surface area contributed by atoms with E-state index >= 15 is 0 Å². The summed E-state index contributed by atoms with van der Waals surface area (Å²) in [6.07, 6.45) is 2.92. The van der Waals surface area contributed by atoms with Crippen LogP contribution in [-0.4, -0.2) is 19.2 Å². The third kappa shape index (κ3) is 3.26. The number of nitrogens with one attached hydrogen (secondary N) is 1. The second kappa shape index (κ2) is 6.24. The van der Waals surface area contributed by atoms with Gasteiger partial charge in [0.2, 0.25) is 0 Å². The molecule has 0 spiro atoms. The second-order valence-electron chi connectivity index (χ2n) is 5.49. The Morgan fingerprint density at radius 3 is 2.78 bits per heavy atom. The van der Waals surface area contributed by atoms with Crippen LogP contribution in [0.25, 0.3) is 0 Å². The first-order valence-electron chi connectivity index (χ1n) is 7.18. The molecule has 0 aromatic heterocycles. The van der Waals surface area contributed by atoms with Gasteiger partial charge in [0.05, 0.1) is 6.10 Å². The van der Waals surface area contributed by atoms with E-state index < -0.39 is 0 Å². The Morgan fingerprint density at radius 1 is 1.33 bits per heavy atom. The van der Waals surface area contributed by atoms with Crippen molar-refractivity contribution in [1.82, 2.24) is 5.32 Å². The van der Waals surface area contributed by atoms with Gasteiger partial charge in [-0.05, 0) is 69.3 Å². The molecule has 1 aliphatic carbocycles. The third-order valence-electron chi connectivity index (χ3n) is 3.73. The van der Waals surface area contributed by atoms with Crippen molar-refractivity contribution >= 4 is 0 Å². The Balaban J connectivity index is 2.00. The lowest BCUT2D eigenvalue weighted by Crippen LogP contribution is -2.33. The van der Waals surface area contributed by atoms with E-state index in [4.69, 9.17) is 4.74 Å². The van der Waals surface area contributed by atoms with Crippen molar-refractivity contribution in [3.8, 4) is 5.75 Å². The molecule has 1 aromatic rings. The number of benzene rings is 1. The van der Waals surface area contributed by atoms with Gasteiger partial charge in [-0.15, -0.1) is 0 Å². The van der Waals surface area contributed by atoms with Crippen LogP contribution in [0.5, 0.6) is 5.75 Å². The van der Waals surface area contributed by atoms with Crippen molar-refractivity contribution in [2.45, 2.75) is 45.6 Å². The Morgan fingerprint density at radius 2 is 2.17 bits per heavy atom. The van der Waals surface area contributed by atoms with E-state index in [9.17, 15) is 0 Å². The van der Waals surface area contributed by atoms with Gasteiger partial charge < -0.3 is 10.1 Å². The van der Waals surface area contributed by atoms with Crippen molar-refractivity contribution in [2.24, 2.45) is 5.92 Å². The minimum atomic E-state index is 0.249. The summed E-state index contributed by atoms with van der Waals surface area (Å²) in [5.41, 5.74) is 1.45. The highest BCUT2D eigenvalue weighted by atomic mass is 16.5. The molecule has 100 valence electrons. The molecular weight excluding hydrogens is 222 g/mol. The normalized spacial score (nSPS) is 22.9. The minimum absolute atomic E-state index is 0.249. The lowest BCUT2D eigenvalue weighted by atomic mass is 9.70. The van der Waals surface area contributed by atoms with E-state index in [-0.39, 0.29) is 6.10 Å². The maximum atomic E-state index is 5.77. The summed E-state index contributed by atoms with van der Waals surface area (Å²) < 4.78 is 5.77. The van der Waals surface area contributed by atoms with Crippen LogP contribution in [0.1, 0.15) is 45.1 Å². The number of rotatable bonds is 6. The van der Waals surface area contributed by atoms with E-state index in [2.05, 4.69) is 50.4 Å². The van der Waals surface area contributed by atoms with Crippen LogP contribution < -0.4 is 10.1 Å². The van der Waals surface area contributed by atoms with Crippen molar-refractivity contribution in [1.29, 1.82) is 0 Å². The van der Waals surface area contributed by atoms with Gasteiger partial charge in [0.1, 0.15) is 5.75 Å². The molecule has 1 saturated carbocycles. The zero-order chi connectivity index (χ0) is 13.0. The Labute approximate surface area is 111 Å². The summed E-state index contributed by atoms with van der Waals surface area (Å²) >= 11 is 0. The van der Waals surface area contributed by atoms with Gasteiger partial charge in [-0.2, -0.15) is 0 Å². The quantitative estimate of drug-likeness (QED) is 0.829. The van der Waals surface area contributed by atoms with Crippen LogP contribution in [0.15, 0.2) is 24.3 Å². The predicted molar refractivity (Wildman–Crippen MR) is 76.2 cm³/mol. The summed E-state index contributed by atoms with van der Waals surface area (Å²) in [6, 6.07) is 8.65. The smallest absolute Gasteiger partial charge is 0.119 e. The van der Waals surface area contributed by atoms with Gasteiger partial charge in [0, 0.05) is 0 Å². The molecule has 2 unspecified atom stereocenters. The fourth-order valence-electron chi connectivity index (χ4n) is 2.67. The average Bonchev–Trinajstić information content (AvgIpc) is 2.27. The average molecular weight is 247 g/mol. The SMILES string of the molecule is CCNCC1CCC1c1cccc(OC(C)C)c1. The van der Waals surface area contributed by atoms with Gasteiger partial charge in [0.15, 0.2) is 0 Å². The highest BCUT2D eigenvalue weighted by Crippen LogP contribution is 2.42. The minimum Gasteiger partial charge on any atom is -0.491 e. The van der Waals surface area contributed by atoms with Gasteiger partial charge in [-0.3, -0.25) is 0 Å². The van der Waals surface area contributed by atoms with E-state index in [0.717, 1.165) is 30.7 Å². The molecule has 18 heavy (non-hydrogen) atoms. The molecule has 2 heteroatoms. The summed E-state index contributed by atoms with van der Waals surface area (Å²) in [6.45, 7) is 8.54. The van der Waals surface area contributed by atoms with Crippen LogP contribution in [0.3, 0.4) is 0 Å². The van der Waals surface area contributed by atoms with Gasteiger partial charge in [-0.1, -0.05) is 19.1 Å². The monoisotopic (exact) mass is 247 g/mol. The van der Waals surface area contributed by atoms with E-state index in [0.29, 0.717) is 0 Å². The van der Waals surface area contributed by atoms with Crippen LogP contribution in [0, 0.1) is 5.92 Å². The summed E-state index contributed by atoms with van der Waals surface area (Å²) in [4.78, 5) is 0. The van der Waals surface area contributed by atoms with Crippen molar-refractivity contribution in [3.05, 3.63) is 29.8 Å². The van der Waals surface area contributed by atoms with E-state index in [1.807, 2.05) is 0 Å². The molecule has 0 bridgehead atoms. The second-order valence-corrected chi connectivity index (χ2v) is 5.49. The molecule has 0 radical (unpaired) electrons. The third-order valence-corrected chi connectivity index (χ3v) is 3.73. The summed E-state index contributed by atoms with van der Waals surface area (Å²) in [5, 5.41) is 3.47. The van der Waals surface area contributed by atoms with Crippen LogP contribution in [0.4, 0.5) is 0 Å². The number of hydrogen-bond donors (Lipinski definition) is 1. The van der Waals surface area contributed by atoms with Crippen molar-refractivity contribution in [2.75, 3.05) is 13.1 Å². The number of hydrogen-bond acceptors (Lipinski definition) is 2. The maximum Gasteiger partial charge on any atom is 0.119 e. The fourth-order valence-corrected chi connectivity index (χ4v) is 2.67. The first kappa shape index (κ1) is 13.4. The Bertz CT molecular complexity index is 375. The molecule has 0 heterocycles. The molecule has 2 atom stereocenters. The Hall–Kier alpha value is -1.02. The Kier molecular flexibility index (Phi) is 4.65. The highest BCUT2D eigenvalue weighted by Gasteiger charge is 2.31. The molecule has 0 saturated heterocycles. The first-order chi connectivity index (χ1) is 8.70. The highest BCUT2D eigenvalue weighted by molar-refractivity contribution is 5.32. The van der Waals surface area contributed by atoms with Crippen molar-refractivity contribution < 1.29 is 4.74 Å². The molecular formula is C16H25NO. The van der Waals surface area contributed by atoms with E-state index in [1.165, 1.54) is 18.4 Å². The molecule has 0 aliphatic heterocycles. The zero-order valence-corrected chi connectivity index (χ0v) is 11.8. The van der Waals surface area contributed by atoms with Gasteiger partial charge in [-0.25, -0.2) is 0 Å². The maximum absolute atomic E-state index is 5.77. The predicted octanol–water partition coefficient (Wildman–Crippen LogP) is 3.58. The van der Waals surface area contributed by atoms with Gasteiger partial charge in [0.25, 0.3) is 0 Å². The van der Waals surface area contributed by atoms with Crippen molar-refractivity contribution in [3.63, 3.8) is 0 Å². The largest absolute Gasteiger partial charge is 0.491 e. The lowest BCUT2D eigenvalue weighted by Gasteiger charge is -2.37. The van der Waals surface area contributed by atoms with Gasteiger partial charge >= 0.3 is 0 Å². The van der Waals surface area contributed by atoms with Crippen LogP contribution in [-0.2, 0) is 0 Å². The standard InChI is InChI=1S/C16H25NO/c1-4-17-11-14-8-9-16(14)13-6-5-7-15(10-13)18-12(2)3/h5-7,10,12,14,16-17H,4,8-9,11H2,1-3H3. The number of ether oxygens (including phenoxy) is 1. The molecule has 1 aliphatic rings. The zero-order valence-electron chi connectivity index (χ0n) is 11.8. The lowest BCUT2D eigenvalue weighted by molar-refractivity contribution is 0.235. The molecule has 2 nitrogen and oxygen atoms in total. The molecule has 0 amide bonds. The van der Waals surface area contributed by atoms with Crippen LogP contribution >= 0.6 is 0 Å². The molecule has 1 N–H and O–H groups in total. The van der Waals surface area contributed by atoms with E-state index in [1.54, 1.807) is 0 Å². The molecule has 1 aromatic carbocycles. The first-order valence-corrected chi connectivity index (χ1v) is 7.18. The fraction of sp³-hybridized carbons (Fsp3) is 0.625. The summed E-state index contributed by atoms with van der Waals surface area (Å²) in [7, 11) is 0. The molecule has 2 rings (SSSR count). The molecule has 1 fully saturated rings. The van der Waals surface area contributed by atoms with Crippen LogP contribution in [0.2, 0.25) is 0 Å².